The molecule has 0 saturated carbocycles. The number of aliphatic hydroxyl groups is 1. The first-order valence-electron chi connectivity index (χ1n) is 6.31. The lowest BCUT2D eigenvalue weighted by Gasteiger charge is -2.20. The van der Waals surface area contributed by atoms with E-state index in [0.717, 1.165) is 0 Å². The zero-order valence-electron chi connectivity index (χ0n) is 11.8. The molecule has 10 heteroatoms. The maximum atomic E-state index is 12.0. The summed E-state index contributed by atoms with van der Waals surface area (Å²) in [5.41, 5.74) is 15.3. The van der Waals surface area contributed by atoms with Crippen molar-refractivity contribution in [3.05, 3.63) is 0 Å². The second kappa shape index (κ2) is 9.53. The number of aliphatic hydroxyl groups excluding tert-OH is 1. The topological polar surface area (TPSA) is 186 Å². The summed E-state index contributed by atoms with van der Waals surface area (Å²) in [7, 11) is 0. The molecule has 0 aliphatic carbocycles. The van der Waals surface area contributed by atoms with Gasteiger partial charge in [-0.1, -0.05) is 0 Å². The van der Waals surface area contributed by atoms with E-state index in [1.807, 2.05) is 0 Å². The van der Waals surface area contributed by atoms with Gasteiger partial charge in [0.25, 0.3) is 0 Å². The minimum atomic E-state index is -1.20. The molecule has 21 heavy (non-hydrogen) atoms. The number of carbonyl (C=O) groups excluding carboxylic acids is 3. The molecule has 0 bridgehead atoms. The molecule has 0 aliphatic heterocycles. The Morgan fingerprint density at radius 3 is 2.19 bits per heavy atom. The molecule has 120 valence electrons. The van der Waals surface area contributed by atoms with Crippen LogP contribution in [0, 0.1) is 0 Å². The number of aliphatic imine (C=N–C) groups is 1. The van der Waals surface area contributed by atoms with Crippen LogP contribution in [0.4, 0.5) is 0 Å². The van der Waals surface area contributed by atoms with Gasteiger partial charge in [-0.15, -0.1) is 0 Å². The SMILES string of the molecule is CC(=O)N[C@@H](CCCN=C(N)N)C(=O)N[C@@H](CO)C(N)=O. The molecule has 0 aromatic rings. The van der Waals surface area contributed by atoms with Crippen LogP contribution in [-0.2, 0) is 14.4 Å². The van der Waals surface area contributed by atoms with Crippen LogP contribution in [0.2, 0.25) is 0 Å². The van der Waals surface area contributed by atoms with Crippen LogP contribution in [0.15, 0.2) is 4.99 Å². The highest BCUT2D eigenvalue weighted by Gasteiger charge is 2.24. The molecule has 9 N–H and O–H groups in total. The first-order chi connectivity index (χ1) is 9.77. The van der Waals surface area contributed by atoms with Gasteiger partial charge in [0.05, 0.1) is 6.61 Å². The molecule has 0 heterocycles. The van der Waals surface area contributed by atoms with Crippen molar-refractivity contribution in [2.45, 2.75) is 31.8 Å². The second-order valence-corrected chi connectivity index (χ2v) is 4.35. The predicted octanol–water partition coefficient (Wildman–Crippen LogP) is -3.49. The largest absolute Gasteiger partial charge is 0.394 e. The summed E-state index contributed by atoms with van der Waals surface area (Å²) >= 11 is 0. The summed E-state index contributed by atoms with van der Waals surface area (Å²) in [6, 6.07) is -2.07. The highest BCUT2D eigenvalue weighted by molar-refractivity contribution is 5.91. The molecule has 0 aliphatic rings. The fourth-order valence-corrected chi connectivity index (χ4v) is 1.50. The lowest BCUT2D eigenvalue weighted by molar-refractivity contribution is -0.131. The van der Waals surface area contributed by atoms with Crippen molar-refractivity contribution >= 4 is 23.7 Å². The Hall–Kier alpha value is -2.36. The molecule has 2 atom stereocenters. The summed E-state index contributed by atoms with van der Waals surface area (Å²) in [5, 5.41) is 13.6. The zero-order chi connectivity index (χ0) is 16.4. The van der Waals surface area contributed by atoms with Crippen LogP contribution in [0.5, 0.6) is 0 Å². The number of rotatable bonds is 9. The molecule has 3 amide bonds. The number of nitrogens with two attached hydrogens (primary N) is 3. The van der Waals surface area contributed by atoms with Crippen LogP contribution in [0.1, 0.15) is 19.8 Å². The number of amides is 3. The molecule has 0 fully saturated rings. The maximum Gasteiger partial charge on any atom is 0.243 e. The smallest absolute Gasteiger partial charge is 0.243 e. The standard InChI is InChI=1S/C11H22N6O4/c1-6(19)16-7(3-2-4-15-11(13)14)10(21)17-8(5-18)9(12)20/h7-8,18H,2-5H2,1H3,(H2,12,20)(H,16,19)(H,17,21)(H4,13,14,15)/t7-,8-/m0/s1. The number of nitrogens with one attached hydrogen (secondary N) is 2. The summed E-state index contributed by atoms with van der Waals surface area (Å²) in [6.45, 7) is 0.931. The molecule has 0 unspecified atom stereocenters. The van der Waals surface area contributed by atoms with Gasteiger partial charge in [0.15, 0.2) is 5.96 Å². The van der Waals surface area contributed by atoms with Crippen molar-refractivity contribution in [2.75, 3.05) is 13.2 Å². The normalized spacial score (nSPS) is 12.9. The monoisotopic (exact) mass is 302 g/mol. The lowest BCUT2D eigenvalue weighted by atomic mass is 10.1. The average molecular weight is 302 g/mol. The molecule has 0 radical (unpaired) electrons. The Morgan fingerprint density at radius 1 is 1.14 bits per heavy atom. The third-order valence-electron chi connectivity index (χ3n) is 2.48. The summed E-state index contributed by atoms with van der Waals surface area (Å²) in [6.07, 6.45) is 0.704. The van der Waals surface area contributed by atoms with Crippen molar-refractivity contribution in [1.82, 2.24) is 10.6 Å². The third-order valence-corrected chi connectivity index (χ3v) is 2.48. The molecule has 0 aromatic heterocycles. The molecular weight excluding hydrogens is 280 g/mol. The number of nitrogens with zero attached hydrogens (tertiary/aromatic N) is 1. The van der Waals surface area contributed by atoms with E-state index < -0.39 is 36.4 Å². The summed E-state index contributed by atoms with van der Waals surface area (Å²) in [4.78, 5) is 37.8. The highest BCUT2D eigenvalue weighted by Crippen LogP contribution is 1.99. The first-order valence-corrected chi connectivity index (χ1v) is 6.31. The molecule has 0 aromatic carbocycles. The van der Waals surface area contributed by atoms with Crippen molar-refractivity contribution in [2.24, 2.45) is 22.2 Å². The zero-order valence-corrected chi connectivity index (χ0v) is 11.8. The second-order valence-electron chi connectivity index (χ2n) is 4.35. The van der Waals surface area contributed by atoms with Gasteiger partial charge in [0.2, 0.25) is 17.7 Å². The van der Waals surface area contributed by atoms with Gasteiger partial charge in [-0.3, -0.25) is 19.4 Å². The minimum Gasteiger partial charge on any atom is -0.394 e. The number of hydrogen-bond acceptors (Lipinski definition) is 5. The maximum absolute atomic E-state index is 12.0. The van der Waals surface area contributed by atoms with E-state index in [1.165, 1.54) is 6.92 Å². The predicted molar refractivity (Wildman–Crippen MR) is 75.7 cm³/mol. The molecular formula is C11H22N6O4. The fourth-order valence-electron chi connectivity index (χ4n) is 1.50. The lowest BCUT2D eigenvalue weighted by Crippen LogP contribution is -2.53. The molecule has 0 spiro atoms. The van der Waals surface area contributed by atoms with E-state index in [2.05, 4.69) is 15.6 Å². The first kappa shape index (κ1) is 18.6. The minimum absolute atomic E-state index is 0.0652. The van der Waals surface area contributed by atoms with E-state index in [0.29, 0.717) is 13.0 Å². The average Bonchev–Trinajstić information content (AvgIpc) is 2.38. The van der Waals surface area contributed by atoms with Crippen molar-refractivity contribution in [3.8, 4) is 0 Å². The fraction of sp³-hybridized carbons (Fsp3) is 0.636. The number of hydrogen-bond donors (Lipinski definition) is 6. The van der Waals surface area contributed by atoms with E-state index >= 15 is 0 Å². The molecule has 0 rings (SSSR count). The van der Waals surface area contributed by atoms with Crippen LogP contribution in [0.25, 0.3) is 0 Å². The van der Waals surface area contributed by atoms with Crippen molar-refractivity contribution in [1.29, 1.82) is 0 Å². The highest BCUT2D eigenvalue weighted by atomic mass is 16.3. The molecule has 0 saturated heterocycles. The van der Waals surface area contributed by atoms with Gasteiger partial charge in [0, 0.05) is 13.5 Å². The van der Waals surface area contributed by atoms with Crippen LogP contribution < -0.4 is 27.8 Å². The Morgan fingerprint density at radius 2 is 1.76 bits per heavy atom. The Balaban J connectivity index is 4.58. The van der Waals surface area contributed by atoms with Crippen LogP contribution in [0.3, 0.4) is 0 Å². The van der Waals surface area contributed by atoms with Crippen molar-refractivity contribution < 1.29 is 19.5 Å². The van der Waals surface area contributed by atoms with Gasteiger partial charge < -0.3 is 32.9 Å². The summed E-state index contributed by atoms with van der Waals surface area (Å²) in [5.74, 6) is -1.96. The van der Waals surface area contributed by atoms with Gasteiger partial charge in [-0.25, -0.2) is 0 Å². The quantitative estimate of drug-likeness (QED) is 0.146. The Bertz CT molecular complexity index is 408. The van der Waals surface area contributed by atoms with E-state index in [9.17, 15) is 14.4 Å². The van der Waals surface area contributed by atoms with Crippen LogP contribution in [-0.4, -0.2) is 54.0 Å². The van der Waals surface area contributed by atoms with E-state index in [4.69, 9.17) is 22.3 Å². The van der Waals surface area contributed by atoms with Crippen LogP contribution >= 0.6 is 0 Å². The Labute approximate surface area is 122 Å². The van der Waals surface area contributed by atoms with Crippen molar-refractivity contribution in [3.63, 3.8) is 0 Å². The third kappa shape index (κ3) is 8.42. The Kier molecular flexibility index (Phi) is 8.46. The van der Waals surface area contributed by atoms with Gasteiger partial charge in [-0.2, -0.15) is 0 Å². The number of primary amides is 1. The van der Waals surface area contributed by atoms with Gasteiger partial charge >= 0.3 is 0 Å². The van der Waals surface area contributed by atoms with E-state index in [1.54, 1.807) is 0 Å². The van der Waals surface area contributed by atoms with E-state index in [-0.39, 0.29) is 12.4 Å². The molecule has 10 nitrogen and oxygen atoms in total. The number of guanidine groups is 1. The number of carbonyl (C=O) groups is 3. The summed E-state index contributed by atoms with van der Waals surface area (Å²) < 4.78 is 0. The van der Waals surface area contributed by atoms with Gasteiger partial charge in [-0.05, 0) is 12.8 Å². The van der Waals surface area contributed by atoms with Gasteiger partial charge in [0.1, 0.15) is 12.1 Å².